The Labute approximate surface area is 117 Å². The van der Waals surface area contributed by atoms with Gasteiger partial charge in [0.1, 0.15) is 12.7 Å². The lowest BCUT2D eigenvalue weighted by Gasteiger charge is -2.13. The highest BCUT2D eigenvalue weighted by Crippen LogP contribution is 2.16. The first kappa shape index (κ1) is 15.6. The van der Waals surface area contributed by atoms with E-state index in [9.17, 15) is 9.59 Å². The number of hydrogen-bond acceptors (Lipinski definition) is 6. The lowest BCUT2D eigenvalue weighted by Crippen LogP contribution is -2.22. The summed E-state index contributed by atoms with van der Waals surface area (Å²) in [6, 6.07) is 4.47. The fraction of sp³-hybridized carbons (Fsp3) is 0.286. The summed E-state index contributed by atoms with van der Waals surface area (Å²) in [5, 5.41) is 0. The molecular formula is C14H18N2O4. The zero-order valence-electron chi connectivity index (χ0n) is 11.5. The topological polar surface area (TPSA) is 105 Å². The van der Waals surface area contributed by atoms with E-state index in [-0.39, 0.29) is 17.7 Å². The van der Waals surface area contributed by atoms with Crippen LogP contribution in [0.2, 0.25) is 0 Å². The molecule has 4 N–H and O–H groups in total. The van der Waals surface area contributed by atoms with Gasteiger partial charge in [0.15, 0.2) is 0 Å². The first-order valence-electron chi connectivity index (χ1n) is 6.00. The molecule has 0 aliphatic heterocycles. The highest BCUT2D eigenvalue weighted by atomic mass is 16.6. The quantitative estimate of drug-likeness (QED) is 0.480. The van der Waals surface area contributed by atoms with Crippen LogP contribution in [0.3, 0.4) is 0 Å². The number of anilines is 2. The van der Waals surface area contributed by atoms with Crippen LogP contribution in [0.1, 0.15) is 24.2 Å². The van der Waals surface area contributed by atoms with E-state index in [0.29, 0.717) is 11.4 Å². The summed E-state index contributed by atoms with van der Waals surface area (Å²) in [5.74, 6) is -1.08. The number of ether oxygens (including phenoxy) is 2. The molecule has 20 heavy (non-hydrogen) atoms. The number of carbonyl (C=O) groups is 2. The molecule has 6 heteroatoms. The molecule has 0 aromatic heterocycles. The number of rotatable bonds is 5. The third-order valence-electron chi connectivity index (χ3n) is 2.43. The predicted octanol–water partition coefficient (Wildman–Crippen LogP) is 1.52. The highest BCUT2D eigenvalue weighted by molar-refractivity contribution is 5.91. The summed E-state index contributed by atoms with van der Waals surface area (Å²) in [7, 11) is 0. The van der Waals surface area contributed by atoms with Gasteiger partial charge in [0.05, 0.1) is 16.9 Å². The van der Waals surface area contributed by atoms with Crippen molar-refractivity contribution in [3.8, 4) is 0 Å². The van der Waals surface area contributed by atoms with Crippen LogP contribution in [0.15, 0.2) is 30.4 Å². The molecule has 0 amide bonds. The van der Waals surface area contributed by atoms with E-state index >= 15 is 0 Å². The molecule has 1 aromatic carbocycles. The van der Waals surface area contributed by atoms with Gasteiger partial charge in [-0.3, -0.25) is 0 Å². The van der Waals surface area contributed by atoms with Gasteiger partial charge in [-0.15, -0.1) is 0 Å². The summed E-state index contributed by atoms with van der Waals surface area (Å²) < 4.78 is 10.0. The third-order valence-corrected chi connectivity index (χ3v) is 2.43. The second-order valence-electron chi connectivity index (χ2n) is 4.44. The summed E-state index contributed by atoms with van der Waals surface area (Å²) in [4.78, 5) is 23.0. The van der Waals surface area contributed by atoms with E-state index in [4.69, 9.17) is 20.9 Å². The second kappa shape index (κ2) is 6.60. The van der Waals surface area contributed by atoms with Gasteiger partial charge in [-0.2, -0.15) is 0 Å². The zero-order valence-corrected chi connectivity index (χ0v) is 11.5. The van der Waals surface area contributed by atoms with Crippen molar-refractivity contribution in [1.29, 1.82) is 0 Å². The molecule has 0 radical (unpaired) electrons. The largest absolute Gasteiger partial charge is 0.458 e. The van der Waals surface area contributed by atoms with E-state index in [1.54, 1.807) is 6.92 Å². The van der Waals surface area contributed by atoms with Gasteiger partial charge in [0.2, 0.25) is 0 Å². The number of nitrogen functional groups attached to an aromatic ring is 2. The van der Waals surface area contributed by atoms with Gasteiger partial charge in [-0.25, -0.2) is 9.59 Å². The average Bonchev–Trinajstić information content (AvgIpc) is 2.39. The van der Waals surface area contributed by atoms with Gasteiger partial charge in [-0.1, -0.05) is 6.58 Å². The SMILES string of the molecule is C=C(C)C(=O)OC(C)COC(=O)c1ccc(N)c(N)c1. The molecule has 0 bridgehead atoms. The van der Waals surface area contributed by atoms with E-state index in [2.05, 4.69) is 6.58 Å². The normalized spacial score (nSPS) is 11.5. The minimum atomic E-state index is -0.561. The molecule has 0 saturated heterocycles. The molecule has 1 atom stereocenters. The molecule has 0 fully saturated rings. The van der Waals surface area contributed by atoms with Crippen LogP contribution in [0.4, 0.5) is 11.4 Å². The summed E-state index contributed by atoms with van der Waals surface area (Å²) >= 11 is 0. The first-order chi connectivity index (χ1) is 9.31. The Morgan fingerprint density at radius 3 is 2.50 bits per heavy atom. The molecule has 0 heterocycles. The lowest BCUT2D eigenvalue weighted by atomic mass is 10.2. The third kappa shape index (κ3) is 4.31. The molecule has 1 unspecified atom stereocenters. The van der Waals surface area contributed by atoms with Crippen molar-refractivity contribution >= 4 is 23.3 Å². The van der Waals surface area contributed by atoms with E-state index in [0.717, 1.165) is 0 Å². The molecule has 0 aliphatic rings. The highest BCUT2D eigenvalue weighted by Gasteiger charge is 2.14. The molecule has 6 nitrogen and oxygen atoms in total. The molecular weight excluding hydrogens is 260 g/mol. The van der Waals surface area contributed by atoms with E-state index in [1.165, 1.54) is 25.1 Å². The van der Waals surface area contributed by atoms with Crippen LogP contribution in [0.5, 0.6) is 0 Å². The van der Waals surface area contributed by atoms with Crippen LogP contribution in [-0.4, -0.2) is 24.6 Å². The lowest BCUT2D eigenvalue weighted by molar-refractivity contribution is -0.145. The molecule has 0 aliphatic carbocycles. The zero-order chi connectivity index (χ0) is 15.3. The smallest absolute Gasteiger partial charge is 0.338 e. The molecule has 108 valence electrons. The Morgan fingerprint density at radius 1 is 1.30 bits per heavy atom. The van der Waals surface area contributed by atoms with Gasteiger partial charge in [0.25, 0.3) is 0 Å². The molecule has 1 aromatic rings. The van der Waals surface area contributed by atoms with Gasteiger partial charge in [-0.05, 0) is 32.0 Å². The number of hydrogen-bond donors (Lipinski definition) is 2. The number of nitrogens with two attached hydrogens (primary N) is 2. The number of carbonyl (C=O) groups excluding carboxylic acids is 2. The summed E-state index contributed by atoms with van der Waals surface area (Å²) in [6.07, 6.45) is -0.561. The maximum Gasteiger partial charge on any atom is 0.338 e. The average molecular weight is 278 g/mol. The maximum absolute atomic E-state index is 11.8. The van der Waals surface area contributed by atoms with Gasteiger partial charge in [0, 0.05) is 5.57 Å². The van der Waals surface area contributed by atoms with Crippen LogP contribution in [-0.2, 0) is 14.3 Å². The Morgan fingerprint density at radius 2 is 1.95 bits per heavy atom. The monoisotopic (exact) mass is 278 g/mol. The van der Waals surface area contributed by atoms with Crippen molar-refractivity contribution in [2.45, 2.75) is 20.0 Å². The van der Waals surface area contributed by atoms with E-state index < -0.39 is 18.0 Å². The standard InChI is InChI=1S/C14H18N2O4/c1-8(2)13(17)20-9(3)7-19-14(18)10-4-5-11(15)12(16)6-10/h4-6,9H,1,7,15-16H2,2-3H3. The Balaban J connectivity index is 2.52. The number of benzene rings is 1. The van der Waals surface area contributed by atoms with Gasteiger partial charge < -0.3 is 20.9 Å². The van der Waals surface area contributed by atoms with Crippen molar-refractivity contribution < 1.29 is 19.1 Å². The first-order valence-corrected chi connectivity index (χ1v) is 6.00. The molecule has 1 rings (SSSR count). The van der Waals surface area contributed by atoms with Crippen LogP contribution >= 0.6 is 0 Å². The Kier molecular flexibility index (Phi) is 5.14. The molecule has 0 spiro atoms. The van der Waals surface area contributed by atoms with Crippen LogP contribution in [0, 0.1) is 0 Å². The Bertz CT molecular complexity index is 540. The van der Waals surface area contributed by atoms with Crippen molar-refractivity contribution in [2.24, 2.45) is 0 Å². The predicted molar refractivity (Wildman–Crippen MR) is 75.9 cm³/mol. The maximum atomic E-state index is 11.8. The minimum absolute atomic E-state index is 0.0534. The second-order valence-corrected chi connectivity index (χ2v) is 4.44. The van der Waals surface area contributed by atoms with Crippen molar-refractivity contribution in [3.05, 3.63) is 35.9 Å². The molecule has 0 saturated carbocycles. The fourth-order valence-electron chi connectivity index (χ4n) is 1.30. The van der Waals surface area contributed by atoms with Crippen LogP contribution < -0.4 is 11.5 Å². The summed E-state index contributed by atoms with van der Waals surface area (Å²) in [5.41, 5.74) is 12.4. The fourth-order valence-corrected chi connectivity index (χ4v) is 1.30. The Hall–Kier alpha value is -2.50. The minimum Gasteiger partial charge on any atom is -0.458 e. The van der Waals surface area contributed by atoms with Crippen molar-refractivity contribution in [1.82, 2.24) is 0 Å². The van der Waals surface area contributed by atoms with Gasteiger partial charge >= 0.3 is 11.9 Å². The van der Waals surface area contributed by atoms with E-state index in [1.807, 2.05) is 0 Å². The van der Waals surface area contributed by atoms with Crippen molar-refractivity contribution in [2.75, 3.05) is 18.1 Å². The summed E-state index contributed by atoms with van der Waals surface area (Å²) in [6.45, 7) is 6.56. The van der Waals surface area contributed by atoms with Crippen LogP contribution in [0.25, 0.3) is 0 Å². The van der Waals surface area contributed by atoms with Crippen molar-refractivity contribution in [3.63, 3.8) is 0 Å². The number of esters is 2.